The van der Waals surface area contributed by atoms with Crippen LogP contribution in [0.3, 0.4) is 0 Å². The van der Waals surface area contributed by atoms with E-state index >= 15 is 0 Å². The highest BCUT2D eigenvalue weighted by Crippen LogP contribution is 2.35. The lowest BCUT2D eigenvalue weighted by Gasteiger charge is -2.11. The van der Waals surface area contributed by atoms with Crippen molar-refractivity contribution in [3.63, 3.8) is 0 Å². The lowest BCUT2D eigenvalue weighted by Crippen LogP contribution is -2.12. The quantitative estimate of drug-likeness (QED) is 0.547. The van der Waals surface area contributed by atoms with Crippen molar-refractivity contribution in [2.75, 3.05) is 13.2 Å². The molecule has 1 aliphatic carbocycles. The third-order valence-electron chi connectivity index (χ3n) is 4.92. The lowest BCUT2D eigenvalue weighted by molar-refractivity contribution is 0.299. The summed E-state index contributed by atoms with van der Waals surface area (Å²) in [5.74, 6) is 3.95. The molecule has 0 aliphatic heterocycles. The number of hydrogen-bond donors (Lipinski definition) is 1. The van der Waals surface area contributed by atoms with Gasteiger partial charge in [-0.1, -0.05) is 23.6 Å². The lowest BCUT2D eigenvalue weighted by atomic mass is 9.97. The zero-order valence-corrected chi connectivity index (χ0v) is 18.2. The van der Waals surface area contributed by atoms with E-state index in [4.69, 9.17) is 27.5 Å². The number of terminal acetylenes is 1. The fraction of sp³-hybridized carbons (Fsp3) is 0.304. The van der Waals surface area contributed by atoms with Gasteiger partial charge in [-0.25, -0.2) is 4.98 Å². The van der Waals surface area contributed by atoms with Crippen LogP contribution in [-0.4, -0.2) is 23.2 Å². The Balaban J connectivity index is 1.69. The topological polar surface area (TPSA) is 64.2 Å². The predicted octanol–water partition coefficient (Wildman–Crippen LogP) is 5.01. The molecule has 3 aromatic rings. The second-order valence-corrected chi connectivity index (χ2v) is 8.42. The van der Waals surface area contributed by atoms with Gasteiger partial charge in [0, 0.05) is 4.88 Å². The molecule has 1 N–H and O–H groups in total. The molecular weight excluding hydrogens is 420 g/mol. The highest BCUT2D eigenvalue weighted by Gasteiger charge is 2.20. The molecule has 0 spiro atoms. The third-order valence-corrected chi connectivity index (χ3v) is 6.40. The first-order valence-electron chi connectivity index (χ1n) is 9.86. The van der Waals surface area contributed by atoms with E-state index in [-0.39, 0.29) is 12.2 Å². The van der Waals surface area contributed by atoms with Gasteiger partial charge in [0.25, 0.3) is 5.56 Å². The van der Waals surface area contributed by atoms with Crippen molar-refractivity contribution in [1.82, 2.24) is 9.97 Å². The van der Waals surface area contributed by atoms with E-state index in [1.165, 1.54) is 4.88 Å². The van der Waals surface area contributed by atoms with Gasteiger partial charge in [-0.05, 0) is 61.9 Å². The summed E-state index contributed by atoms with van der Waals surface area (Å²) >= 11 is 8.13. The van der Waals surface area contributed by atoms with Crippen LogP contribution in [0.1, 0.15) is 41.6 Å². The number of ether oxygens (including phenoxy) is 2. The number of nitrogens with one attached hydrogen (secondary N) is 1. The Hall–Kier alpha value is -2.75. The first-order valence-corrected chi connectivity index (χ1v) is 11.1. The van der Waals surface area contributed by atoms with Crippen molar-refractivity contribution in [1.29, 1.82) is 0 Å². The highest BCUT2D eigenvalue weighted by atomic mass is 35.5. The highest BCUT2D eigenvalue weighted by molar-refractivity contribution is 7.18. The van der Waals surface area contributed by atoms with Crippen LogP contribution >= 0.6 is 22.9 Å². The number of aromatic nitrogens is 2. The summed E-state index contributed by atoms with van der Waals surface area (Å²) in [6.45, 7) is 2.54. The molecule has 2 heterocycles. The number of aryl methyl sites for hydroxylation is 2. The molecule has 154 valence electrons. The second kappa shape index (κ2) is 8.95. The molecule has 0 saturated carbocycles. The second-order valence-electron chi connectivity index (χ2n) is 6.93. The molecule has 0 bridgehead atoms. The van der Waals surface area contributed by atoms with Gasteiger partial charge >= 0.3 is 0 Å². The molecule has 2 aromatic heterocycles. The van der Waals surface area contributed by atoms with Crippen molar-refractivity contribution < 1.29 is 9.47 Å². The molecule has 1 aliphatic rings. The first kappa shape index (κ1) is 20.5. The Labute approximate surface area is 183 Å². The Morgan fingerprint density at radius 2 is 2.17 bits per heavy atom. The normalized spacial score (nSPS) is 13.7. The van der Waals surface area contributed by atoms with E-state index in [1.54, 1.807) is 23.5 Å². The van der Waals surface area contributed by atoms with Gasteiger partial charge in [-0.3, -0.25) is 4.79 Å². The number of halogens is 1. The van der Waals surface area contributed by atoms with Crippen LogP contribution in [0, 0.1) is 12.3 Å². The maximum atomic E-state index is 12.7. The molecule has 0 fully saturated rings. The standard InChI is InChI=1S/C23H21ClN2O3S/c1-3-11-29-17-10-9-14(13-18(17)28-4-2)12-16(24)21-25-22(27)20-15-7-5-6-8-19(15)30-23(20)26-21/h1,9-10,12-13H,4-8,11H2,2H3,(H,25,26,27)/b16-12-. The van der Waals surface area contributed by atoms with Crippen molar-refractivity contribution in [3.8, 4) is 23.8 Å². The van der Waals surface area contributed by atoms with Gasteiger partial charge in [0.2, 0.25) is 0 Å². The molecule has 7 heteroatoms. The molecule has 0 unspecified atom stereocenters. The molecule has 5 nitrogen and oxygen atoms in total. The van der Waals surface area contributed by atoms with Crippen molar-refractivity contribution in [2.24, 2.45) is 0 Å². The van der Waals surface area contributed by atoms with Crippen LogP contribution < -0.4 is 15.0 Å². The minimum atomic E-state index is -0.131. The molecule has 0 radical (unpaired) electrons. The smallest absolute Gasteiger partial charge is 0.260 e. The number of H-pyrrole nitrogens is 1. The molecule has 0 saturated heterocycles. The predicted molar refractivity (Wildman–Crippen MR) is 123 cm³/mol. The fourth-order valence-corrected chi connectivity index (χ4v) is 5.09. The zero-order chi connectivity index (χ0) is 21.1. The van der Waals surface area contributed by atoms with Crippen LogP contribution in [0.4, 0.5) is 0 Å². The van der Waals surface area contributed by atoms with Crippen LogP contribution in [0.5, 0.6) is 11.5 Å². The number of aromatic amines is 1. The molecule has 1 aromatic carbocycles. The Kier molecular flexibility index (Phi) is 6.12. The van der Waals surface area contributed by atoms with E-state index in [1.807, 2.05) is 19.1 Å². The number of hydrogen-bond acceptors (Lipinski definition) is 5. The fourth-order valence-electron chi connectivity index (χ4n) is 3.61. The van der Waals surface area contributed by atoms with Crippen molar-refractivity contribution in [3.05, 3.63) is 50.4 Å². The minimum Gasteiger partial charge on any atom is -0.490 e. The summed E-state index contributed by atoms with van der Waals surface area (Å²) < 4.78 is 11.2. The Morgan fingerprint density at radius 1 is 1.33 bits per heavy atom. The monoisotopic (exact) mass is 440 g/mol. The van der Waals surface area contributed by atoms with Crippen LogP contribution in [0.25, 0.3) is 21.3 Å². The van der Waals surface area contributed by atoms with Gasteiger partial charge in [-0.15, -0.1) is 17.8 Å². The van der Waals surface area contributed by atoms with E-state index in [9.17, 15) is 4.79 Å². The van der Waals surface area contributed by atoms with Crippen LogP contribution in [0.2, 0.25) is 0 Å². The molecule has 0 atom stereocenters. The first-order chi connectivity index (χ1) is 14.6. The number of thiophene rings is 1. The molecule has 0 amide bonds. The average molecular weight is 441 g/mol. The van der Waals surface area contributed by atoms with E-state index in [0.29, 0.717) is 29.0 Å². The molecule has 4 rings (SSSR count). The van der Waals surface area contributed by atoms with Gasteiger partial charge in [0.15, 0.2) is 17.3 Å². The number of benzene rings is 1. The summed E-state index contributed by atoms with van der Waals surface area (Å²) in [6, 6.07) is 5.44. The van der Waals surface area contributed by atoms with Crippen LogP contribution in [-0.2, 0) is 12.8 Å². The number of rotatable bonds is 6. The van der Waals surface area contributed by atoms with E-state index in [0.717, 1.165) is 47.0 Å². The van der Waals surface area contributed by atoms with E-state index < -0.39 is 0 Å². The Bertz CT molecular complexity index is 1220. The van der Waals surface area contributed by atoms with Gasteiger partial charge in [0.05, 0.1) is 17.0 Å². The summed E-state index contributed by atoms with van der Waals surface area (Å²) in [5.41, 5.74) is 1.82. The minimum absolute atomic E-state index is 0.131. The van der Waals surface area contributed by atoms with Gasteiger partial charge in [-0.2, -0.15) is 0 Å². The zero-order valence-electron chi connectivity index (χ0n) is 16.6. The van der Waals surface area contributed by atoms with Crippen LogP contribution in [0.15, 0.2) is 23.0 Å². The third kappa shape index (κ3) is 4.09. The Morgan fingerprint density at radius 3 is 2.97 bits per heavy atom. The largest absolute Gasteiger partial charge is 0.490 e. The summed E-state index contributed by atoms with van der Waals surface area (Å²) in [5, 5.41) is 1.07. The maximum absolute atomic E-state index is 12.7. The van der Waals surface area contributed by atoms with Gasteiger partial charge in [0.1, 0.15) is 11.4 Å². The summed E-state index contributed by atoms with van der Waals surface area (Å²) in [4.78, 5) is 22.3. The van der Waals surface area contributed by atoms with Crippen molar-refractivity contribution in [2.45, 2.75) is 32.6 Å². The summed E-state index contributed by atoms with van der Waals surface area (Å²) in [7, 11) is 0. The summed E-state index contributed by atoms with van der Waals surface area (Å²) in [6.07, 6.45) is 11.2. The average Bonchev–Trinajstić information content (AvgIpc) is 3.12. The maximum Gasteiger partial charge on any atom is 0.260 e. The van der Waals surface area contributed by atoms with Gasteiger partial charge < -0.3 is 14.5 Å². The SMILES string of the molecule is C#CCOc1ccc(/C=C(\Cl)c2nc3sc4c(c3c(=O)[nH]2)CCCC4)cc1OCC. The molecule has 30 heavy (non-hydrogen) atoms. The van der Waals surface area contributed by atoms with Crippen molar-refractivity contribution >= 4 is 44.3 Å². The number of fused-ring (bicyclic) bond motifs is 3. The van der Waals surface area contributed by atoms with E-state index in [2.05, 4.69) is 15.9 Å². The molecular formula is C23H21ClN2O3S. The number of nitrogens with zero attached hydrogens (tertiary/aromatic N) is 1.